The fraction of sp³-hybridized carbons (Fsp3) is 0.636. The number of unbranched alkanes of at least 4 members (excludes halogenated alkanes) is 8. The molecule has 1 aromatic carbocycles. The monoisotopic (exact) mass is 484 g/mol. The Hall–Kier alpha value is -0.670. The van der Waals surface area contributed by atoms with Gasteiger partial charge in [0.05, 0.1) is 29.2 Å². The van der Waals surface area contributed by atoms with Crippen molar-refractivity contribution in [1.29, 1.82) is 0 Å². The molecule has 31 heavy (non-hydrogen) atoms. The summed E-state index contributed by atoms with van der Waals surface area (Å²) in [5.41, 5.74) is -0.234. The van der Waals surface area contributed by atoms with Gasteiger partial charge in [0.2, 0.25) is 0 Å². The first-order chi connectivity index (χ1) is 14.3. The Labute approximate surface area is 219 Å². The molecule has 0 spiro atoms. The molecule has 0 bridgehead atoms. The molecule has 0 heterocycles. The zero-order valence-electron chi connectivity index (χ0n) is 20.7. The van der Waals surface area contributed by atoms with Gasteiger partial charge in [-0.05, 0) is 31.0 Å². The van der Waals surface area contributed by atoms with Gasteiger partial charge < -0.3 is 12.3 Å². The SMILES string of the molecule is CCCCCCCOC(=O)c1cc(C(=O)OCCCCCCC)cc(S(=O)(=O)O)c1.[Ca+2].[H-].[H-]. The summed E-state index contributed by atoms with van der Waals surface area (Å²) >= 11 is 0. The van der Waals surface area contributed by atoms with Gasteiger partial charge in [-0.25, -0.2) is 9.59 Å². The maximum atomic E-state index is 12.3. The van der Waals surface area contributed by atoms with Crippen molar-refractivity contribution < 1.29 is 34.9 Å². The van der Waals surface area contributed by atoms with Crippen LogP contribution in [0.15, 0.2) is 23.1 Å². The van der Waals surface area contributed by atoms with Crippen molar-refractivity contribution in [3.63, 3.8) is 0 Å². The smallest absolute Gasteiger partial charge is 1.00 e. The van der Waals surface area contributed by atoms with Gasteiger partial charge >= 0.3 is 49.7 Å². The standard InChI is InChI=1S/C22H34O7S.Ca.2H/c1-3-5-7-9-11-13-28-21(23)18-15-19(17-20(16-18)30(25,26)27)22(24)29-14-12-10-8-6-4-2;;;/h15-17H,3-14H2,1-2H3,(H,25,26,27);;;/q;+2;2*-1. The molecule has 1 aromatic rings. The molecular formula is C22H36CaO7S. The fourth-order valence-electron chi connectivity index (χ4n) is 2.89. The number of hydrogen-bond donors (Lipinski definition) is 1. The van der Waals surface area contributed by atoms with Crippen molar-refractivity contribution in [2.45, 2.75) is 83.0 Å². The second-order valence-electron chi connectivity index (χ2n) is 7.32. The van der Waals surface area contributed by atoms with Crippen LogP contribution in [0.3, 0.4) is 0 Å². The summed E-state index contributed by atoms with van der Waals surface area (Å²) in [5, 5.41) is 0. The summed E-state index contributed by atoms with van der Waals surface area (Å²) in [7, 11) is -4.60. The molecule has 0 radical (unpaired) electrons. The Bertz CT molecular complexity index is 743. The summed E-state index contributed by atoms with van der Waals surface area (Å²) in [6.45, 7) is 4.63. The molecule has 1 N–H and O–H groups in total. The first kappa shape index (κ1) is 30.3. The van der Waals surface area contributed by atoms with Gasteiger partial charge in [-0.15, -0.1) is 0 Å². The first-order valence-electron chi connectivity index (χ1n) is 10.8. The van der Waals surface area contributed by atoms with Crippen LogP contribution in [0.25, 0.3) is 0 Å². The fourth-order valence-corrected chi connectivity index (χ4v) is 3.44. The van der Waals surface area contributed by atoms with E-state index in [9.17, 15) is 22.6 Å². The Morgan fingerprint density at radius 2 is 1.16 bits per heavy atom. The van der Waals surface area contributed by atoms with Gasteiger partial charge in [-0.2, -0.15) is 8.42 Å². The van der Waals surface area contributed by atoms with Crippen molar-refractivity contribution in [2.75, 3.05) is 13.2 Å². The molecule has 1 rings (SSSR count). The van der Waals surface area contributed by atoms with Crippen LogP contribution >= 0.6 is 0 Å². The Morgan fingerprint density at radius 3 is 1.52 bits per heavy atom. The average Bonchev–Trinajstić information content (AvgIpc) is 2.71. The average molecular weight is 485 g/mol. The summed E-state index contributed by atoms with van der Waals surface area (Å²) < 4.78 is 42.8. The predicted octanol–water partition coefficient (Wildman–Crippen LogP) is 5.03. The molecule has 0 saturated heterocycles. The molecule has 0 aliphatic carbocycles. The van der Waals surface area contributed by atoms with E-state index in [1.165, 1.54) is 6.07 Å². The third-order valence-electron chi connectivity index (χ3n) is 4.64. The largest absolute Gasteiger partial charge is 2.00 e. The topological polar surface area (TPSA) is 107 Å². The summed E-state index contributed by atoms with van der Waals surface area (Å²) in [4.78, 5) is 24.0. The number of carbonyl (C=O) groups excluding carboxylic acids is 2. The van der Waals surface area contributed by atoms with Gasteiger partial charge in [0, 0.05) is 0 Å². The first-order valence-corrected chi connectivity index (χ1v) is 12.2. The van der Waals surface area contributed by atoms with Crippen LogP contribution in [0.2, 0.25) is 0 Å². The van der Waals surface area contributed by atoms with Crippen LogP contribution in [0.4, 0.5) is 0 Å². The molecule has 0 unspecified atom stereocenters. The van der Waals surface area contributed by atoms with E-state index < -0.39 is 27.0 Å². The van der Waals surface area contributed by atoms with E-state index in [2.05, 4.69) is 13.8 Å². The van der Waals surface area contributed by atoms with Gasteiger partial charge in [0.15, 0.2) is 0 Å². The van der Waals surface area contributed by atoms with E-state index in [0.29, 0.717) is 12.8 Å². The van der Waals surface area contributed by atoms with Crippen LogP contribution in [-0.2, 0) is 19.6 Å². The van der Waals surface area contributed by atoms with Crippen molar-refractivity contribution >= 4 is 59.8 Å². The Morgan fingerprint density at radius 1 is 0.774 bits per heavy atom. The maximum absolute atomic E-state index is 12.3. The Balaban J connectivity index is -0.00000300. The molecule has 9 heteroatoms. The van der Waals surface area contributed by atoms with Crippen molar-refractivity contribution in [1.82, 2.24) is 0 Å². The van der Waals surface area contributed by atoms with Crippen LogP contribution in [0, 0.1) is 0 Å². The third kappa shape index (κ3) is 12.8. The second kappa shape index (κ2) is 16.9. The zero-order valence-corrected chi connectivity index (χ0v) is 21.8. The van der Waals surface area contributed by atoms with Gasteiger partial charge in [-0.1, -0.05) is 65.2 Å². The zero-order chi connectivity index (χ0) is 22.4. The van der Waals surface area contributed by atoms with Crippen LogP contribution in [0.5, 0.6) is 0 Å². The van der Waals surface area contributed by atoms with E-state index in [1.54, 1.807) is 0 Å². The molecule has 0 aliphatic heterocycles. The van der Waals surface area contributed by atoms with Crippen LogP contribution in [-0.4, -0.2) is 75.9 Å². The number of esters is 2. The van der Waals surface area contributed by atoms with Crippen LogP contribution < -0.4 is 0 Å². The summed E-state index contributed by atoms with van der Waals surface area (Å²) in [5.74, 6) is -1.49. The number of carbonyl (C=O) groups is 2. The third-order valence-corrected chi connectivity index (χ3v) is 5.47. The van der Waals surface area contributed by atoms with Crippen molar-refractivity contribution in [2.24, 2.45) is 0 Å². The minimum atomic E-state index is -4.60. The van der Waals surface area contributed by atoms with Gasteiger partial charge in [0.25, 0.3) is 10.1 Å². The van der Waals surface area contributed by atoms with Crippen molar-refractivity contribution in [3.8, 4) is 0 Å². The Kier molecular flexibility index (Phi) is 16.5. The number of benzene rings is 1. The molecular weight excluding hydrogens is 448 g/mol. The molecule has 7 nitrogen and oxygen atoms in total. The van der Waals surface area contributed by atoms with E-state index in [4.69, 9.17) is 9.47 Å². The number of ether oxygens (including phenoxy) is 2. The normalized spacial score (nSPS) is 10.9. The predicted molar refractivity (Wildman–Crippen MR) is 122 cm³/mol. The molecule has 0 fully saturated rings. The van der Waals surface area contributed by atoms with E-state index >= 15 is 0 Å². The molecule has 0 amide bonds. The quantitative estimate of drug-likeness (QED) is 0.161. The van der Waals surface area contributed by atoms with Crippen molar-refractivity contribution in [3.05, 3.63) is 29.3 Å². The van der Waals surface area contributed by atoms with E-state index in [-0.39, 0.29) is 64.9 Å². The van der Waals surface area contributed by atoms with Gasteiger partial charge in [0.1, 0.15) is 0 Å². The van der Waals surface area contributed by atoms with Crippen LogP contribution in [0.1, 0.15) is 102 Å². The minimum Gasteiger partial charge on any atom is -1.00 e. The maximum Gasteiger partial charge on any atom is 2.00 e. The summed E-state index contributed by atoms with van der Waals surface area (Å²) in [6, 6.07) is 3.22. The summed E-state index contributed by atoms with van der Waals surface area (Å²) in [6.07, 6.45) is 9.85. The minimum absolute atomic E-state index is 0. The van der Waals surface area contributed by atoms with E-state index in [1.807, 2.05) is 0 Å². The molecule has 0 atom stereocenters. The van der Waals surface area contributed by atoms with E-state index in [0.717, 1.165) is 63.5 Å². The molecule has 0 aliphatic rings. The molecule has 0 saturated carbocycles. The molecule has 174 valence electrons. The van der Waals surface area contributed by atoms with Gasteiger partial charge in [-0.3, -0.25) is 4.55 Å². The number of hydrogen-bond acceptors (Lipinski definition) is 6. The second-order valence-corrected chi connectivity index (χ2v) is 8.74. The number of rotatable bonds is 15. The molecule has 0 aromatic heterocycles.